The van der Waals surface area contributed by atoms with E-state index >= 15 is 0 Å². The topological polar surface area (TPSA) is 33.0 Å². The van der Waals surface area contributed by atoms with E-state index < -0.39 is 0 Å². The molecule has 0 amide bonds. The van der Waals surface area contributed by atoms with Crippen molar-refractivity contribution in [3.63, 3.8) is 0 Å². The van der Waals surface area contributed by atoms with Gasteiger partial charge in [-0.2, -0.15) is 5.26 Å². The maximum absolute atomic E-state index is 8.86. The Morgan fingerprint density at radius 2 is 1.79 bits per heavy atom. The van der Waals surface area contributed by atoms with E-state index in [0.717, 1.165) is 35.8 Å². The summed E-state index contributed by atoms with van der Waals surface area (Å²) >= 11 is 1.55. The molecule has 1 fully saturated rings. The average Bonchev–Trinajstić information content (AvgIpc) is 2.97. The molecular weight excluding hydrogens is 254 g/mol. The lowest BCUT2D eigenvalue weighted by Crippen LogP contribution is -2.13. The predicted molar refractivity (Wildman–Crippen MR) is 77.3 cm³/mol. The van der Waals surface area contributed by atoms with Crippen molar-refractivity contribution in [2.45, 2.75) is 18.8 Å². The highest BCUT2D eigenvalue weighted by molar-refractivity contribution is 7.16. The van der Waals surface area contributed by atoms with Gasteiger partial charge in [0.25, 0.3) is 0 Å². The molecule has 2 aromatic rings. The van der Waals surface area contributed by atoms with Gasteiger partial charge in [0.15, 0.2) is 0 Å². The van der Waals surface area contributed by atoms with Gasteiger partial charge < -0.3 is 4.74 Å². The summed E-state index contributed by atoms with van der Waals surface area (Å²) in [5, 5.41) is 8.86. The lowest BCUT2D eigenvalue weighted by atomic mass is 9.91. The summed E-state index contributed by atoms with van der Waals surface area (Å²) in [4.78, 5) is 1.93. The van der Waals surface area contributed by atoms with Gasteiger partial charge in [0.2, 0.25) is 0 Å². The average molecular weight is 269 g/mol. The first-order valence-electron chi connectivity index (χ1n) is 6.55. The molecular formula is C16H15NOS. The molecule has 19 heavy (non-hydrogen) atoms. The van der Waals surface area contributed by atoms with Crippen LogP contribution in [-0.4, -0.2) is 13.2 Å². The summed E-state index contributed by atoms with van der Waals surface area (Å²) in [6.07, 6.45) is 2.24. The molecule has 0 bridgehead atoms. The second kappa shape index (κ2) is 5.56. The maximum Gasteiger partial charge on any atom is 0.110 e. The molecule has 0 saturated carbocycles. The second-order valence-electron chi connectivity index (χ2n) is 4.78. The molecule has 0 spiro atoms. The van der Waals surface area contributed by atoms with Crippen LogP contribution in [0.25, 0.3) is 10.4 Å². The second-order valence-corrected chi connectivity index (χ2v) is 5.87. The van der Waals surface area contributed by atoms with Gasteiger partial charge in [0.05, 0.1) is 0 Å². The Morgan fingerprint density at radius 1 is 1.05 bits per heavy atom. The highest BCUT2D eigenvalue weighted by Gasteiger charge is 2.15. The molecule has 0 aliphatic carbocycles. The number of thiophene rings is 1. The van der Waals surface area contributed by atoms with Crippen molar-refractivity contribution in [3.8, 4) is 16.5 Å². The number of nitriles is 1. The van der Waals surface area contributed by atoms with Gasteiger partial charge in [0.1, 0.15) is 10.9 Å². The van der Waals surface area contributed by atoms with Gasteiger partial charge in [-0.05, 0) is 42.0 Å². The van der Waals surface area contributed by atoms with Crippen molar-refractivity contribution in [1.82, 2.24) is 0 Å². The highest BCUT2D eigenvalue weighted by Crippen LogP contribution is 2.31. The van der Waals surface area contributed by atoms with Gasteiger partial charge in [-0.1, -0.05) is 24.3 Å². The highest BCUT2D eigenvalue weighted by atomic mass is 32.1. The zero-order valence-electron chi connectivity index (χ0n) is 10.6. The molecule has 3 heteroatoms. The van der Waals surface area contributed by atoms with Gasteiger partial charge in [-0.15, -0.1) is 11.3 Å². The maximum atomic E-state index is 8.86. The molecule has 0 radical (unpaired) electrons. The number of ether oxygens (including phenoxy) is 1. The minimum absolute atomic E-state index is 0.640. The standard InChI is InChI=1S/C16H15NOS/c17-11-15-5-6-16(19-15)14-3-1-12(2-4-14)13-7-9-18-10-8-13/h1-6,13H,7-10H2. The summed E-state index contributed by atoms with van der Waals surface area (Å²) < 4.78 is 5.40. The molecule has 2 nitrogen and oxygen atoms in total. The Balaban J connectivity index is 1.80. The van der Waals surface area contributed by atoms with E-state index in [0.29, 0.717) is 5.92 Å². The van der Waals surface area contributed by atoms with Gasteiger partial charge in [0, 0.05) is 18.1 Å². The van der Waals surface area contributed by atoms with E-state index in [2.05, 4.69) is 30.3 Å². The van der Waals surface area contributed by atoms with Crippen LogP contribution in [0.5, 0.6) is 0 Å². The molecule has 1 aromatic heterocycles. The van der Waals surface area contributed by atoms with Crippen LogP contribution in [0.4, 0.5) is 0 Å². The molecule has 0 atom stereocenters. The Morgan fingerprint density at radius 3 is 2.42 bits per heavy atom. The summed E-state index contributed by atoms with van der Waals surface area (Å²) in [7, 11) is 0. The Kier molecular flexibility index (Phi) is 3.63. The van der Waals surface area contributed by atoms with E-state index in [1.807, 2.05) is 12.1 Å². The normalized spacial score (nSPS) is 16.2. The van der Waals surface area contributed by atoms with Crippen molar-refractivity contribution in [2.75, 3.05) is 13.2 Å². The van der Waals surface area contributed by atoms with E-state index in [9.17, 15) is 0 Å². The Hall–Kier alpha value is -1.63. The van der Waals surface area contributed by atoms with E-state index in [1.165, 1.54) is 11.1 Å². The lowest BCUT2D eigenvalue weighted by molar-refractivity contribution is 0.0853. The number of benzene rings is 1. The summed E-state index contributed by atoms with van der Waals surface area (Å²) in [5.41, 5.74) is 2.60. The summed E-state index contributed by atoms with van der Waals surface area (Å²) in [6.45, 7) is 1.76. The first-order chi connectivity index (χ1) is 9.36. The molecule has 1 aliphatic rings. The largest absolute Gasteiger partial charge is 0.381 e. The van der Waals surface area contributed by atoms with Crippen molar-refractivity contribution in [1.29, 1.82) is 5.26 Å². The fraction of sp³-hybridized carbons (Fsp3) is 0.312. The molecule has 1 aliphatic heterocycles. The smallest absolute Gasteiger partial charge is 0.110 e. The van der Waals surface area contributed by atoms with E-state index in [-0.39, 0.29) is 0 Å². The van der Waals surface area contributed by atoms with Crippen molar-refractivity contribution in [3.05, 3.63) is 46.8 Å². The van der Waals surface area contributed by atoms with Crippen LogP contribution in [0.3, 0.4) is 0 Å². The van der Waals surface area contributed by atoms with Gasteiger partial charge >= 0.3 is 0 Å². The Bertz CT molecular complexity index is 588. The lowest BCUT2D eigenvalue weighted by Gasteiger charge is -2.22. The van der Waals surface area contributed by atoms with Crippen LogP contribution in [0, 0.1) is 11.3 Å². The molecule has 0 unspecified atom stereocenters. The van der Waals surface area contributed by atoms with Crippen LogP contribution >= 0.6 is 11.3 Å². The number of nitrogens with zero attached hydrogens (tertiary/aromatic N) is 1. The van der Waals surface area contributed by atoms with Gasteiger partial charge in [-0.25, -0.2) is 0 Å². The third-order valence-corrected chi connectivity index (χ3v) is 4.64. The zero-order chi connectivity index (χ0) is 13.1. The van der Waals surface area contributed by atoms with Crippen LogP contribution in [0.2, 0.25) is 0 Å². The summed E-state index contributed by atoms with van der Waals surface area (Å²) in [5.74, 6) is 0.640. The van der Waals surface area contributed by atoms with Crippen LogP contribution in [0.1, 0.15) is 29.2 Å². The van der Waals surface area contributed by atoms with Crippen molar-refractivity contribution < 1.29 is 4.74 Å². The third kappa shape index (κ3) is 2.70. The SMILES string of the molecule is N#Cc1ccc(-c2ccc(C3CCOCC3)cc2)s1. The third-order valence-electron chi connectivity index (χ3n) is 3.60. The fourth-order valence-electron chi connectivity index (χ4n) is 2.50. The number of rotatable bonds is 2. The summed E-state index contributed by atoms with van der Waals surface area (Å²) in [6, 6.07) is 14.9. The van der Waals surface area contributed by atoms with Gasteiger partial charge in [-0.3, -0.25) is 0 Å². The van der Waals surface area contributed by atoms with Crippen molar-refractivity contribution >= 4 is 11.3 Å². The quantitative estimate of drug-likeness (QED) is 0.819. The molecule has 3 rings (SSSR count). The predicted octanol–water partition coefficient (Wildman–Crippen LogP) is 4.18. The minimum Gasteiger partial charge on any atom is -0.381 e. The van der Waals surface area contributed by atoms with E-state index in [1.54, 1.807) is 11.3 Å². The monoisotopic (exact) mass is 269 g/mol. The van der Waals surface area contributed by atoms with Crippen LogP contribution < -0.4 is 0 Å². The molecule has 2 heterocycles. The van der Waals surface area contributed by atoms with Crippen molar-refractivity contribution in [2.24, 2.45) is 0 Å². The van der Waals surface area contributed by atoms with E-state index in [4.69, 9.17) is 10.00 Å². The molecule has 96 valence electrons. The fourth-order valence-corrected chi connectivity index (χ4v) is 3.31. The van der Waals surface area contributed by atoms with Crippen LogP contribution in [-0.2, 0) is 4.74 Å². The Labute approximate surface area is 117 Å². The molecule has 1 saturated heterocycles. The molecule has 0 N–H and O–H groups in total. The zero-order valence-corrected chi connectivity index (χ0v) is 11.5. The van der Waals surface area contributed by atoms with Crippen LogP contribution in [0.15, 0.2) is 36.4 Å². The minimum atomic E-state index is 0.640. The first-order valence-corrected chi connectivity index (χ1v) is 7.36. The number of hydrogen-bond donors (Lipinski definition) is 0. The first kappa shape index (κ1) is 12.4. The molecule has 1 aromatic carbocycles. The number of hydrogen-bond acceptors (Lipinski definition) is 3.